The van der Waals surface area contributed by atoms with E-state index in [9.17, 15) is 9.59 Å². The monoisotopic (exact) mass is 389 g/mol. The summed E-state index contributed by atoms with van der Waals surface area (Å²) in [5.74, 6) is 1.12. The van der Waals surface area contributed by atoms with Crippen molar-refractivity contribution in [3.05, 3.63) is 29.8 Å². The highest BCUT2D eigenvalue weighted by atomic mass is 16.5. The van der Waals surface area contributed by atoms with Crippen LogP contribution < -0.4 is 10.1 Å². The topological polar surface area (TPSA) is 61.9 Å². The van der Waals surface area contributed by atoms with Gasteiger partial charge in [0.2, 0.25) is 0 Å². The van der Waals surface area contributed by atoms with Crippen LogP contribution in [0, 0.1) is 0 Å². The molecular weight excluding hydrogens is 354 g/mol. The molecule has 0 bridgehead atoms. The van der Waals surface area contributed by atoms with E-state index in [1.165, 1.54) is 0 Å². The predicted octanol–water partition coefficient (Wildman–Crippen LogP) is 3.62. The molecule has 28 heavy (non-hydrogen) atoms. The first-order valence-electron chi connectivity index (χ1n) is 10.5. The van der Waals surface area contributed by atoms with Gasteiger partial charge in [0.25, 0.3) is 5.91 Å². The first-order chi connectivity index (χ1) is 13.4. The summed E-state index contributed by atoms with van der Waals surface area (Å²) in [4.78, 5) is 28.6. The summed E-state index contributed by atoms with van der Waals surface area (Å²) in [6, 6.07) is 8.00. The number of carbonyl (C=O) groups excluding carboxylic acids is 2. The van der Waals surface area contributed by atoms with Gasteiger partial charge in [0, 0.05) is 32.2 Å². The molecule has 156 valence electrons. The quantitative estimate of drug-likeness (QED) is 0.775. The van der Waals surface area contributed by atoms with Crippen molar-refractivity contribution in [1.82, 2.24) is 15.1 Å². The number of para-hydroxylation sites is 1. The highest BCUT2D eigenvalue weighted by Gasteiger charge is 2.28. The molecule has 1 unspecified atom stereocenters. The van der Waals surface area contributed by atoms with Gasteiger partial charge in [-0.05, 0) is 51.2 Å². The standard InChI is InChI=1S/C22H35N3O3/c1-6-24(7-2)22(27)23-18-12-14-25(15-13-18)21(26)17(5)28-20-11-9-8-10-19(20)16(3)4/h8-11,16-18H,6-7,12-15H2,1-5H3,(H,23,27). The number of piperidine rings is 1. The van der Waals surface area contributed by atoms with Gasteiger partial charge in [-0.1, -0.05) is 32.0 Å². The number of nitrogens with one attached hydrogen (secondary N) is 1. The van der Waals surface area contributed by atoms with Gasteiger partial charge in [-0.15, -0.1) is 0 Å². The Morgan fingerprint density at radius 3 is 2.32 bits per heavy atom. The van der Waals surface area contributed by atoms with E-state index >= 15 is 0 Å². The number of nitrogens with zero attached hydrogens (tertiary/aromatic N) is 2. The van der Waals surface area contributed by atoms with Gasteiger partial charge in [0.1, 0.15) is 5.75 Å². The summed E-state index contributed by atoms with van der Waals surface area (Å²) in [5, 5.41) is 3.09. The minimum absolute atomic E-state index is 0.00655. The van der Waals surface area contributed by atoms with E-state index in [1.807, 2.05) is 49.9 Å². The number of amides is 3. The molecule has 1 aliphatic heterocycles. The van der Waals surface area contributed by atoms with E-state index in [0.717, 1.165) is 24.2 Å². The summed E-state index contributed by atoms with van der Waals surface area (Å²) < 4.78 is 6.01. The second-order valence-corrected chi connectivity index (χ2v) is 7.67. The maximum Gasteiger partial charge on any atom is 0.317 e. The normalized spacial score (nSPS) is 16.0. The summed E-state index contributed by atoms with van der Waals surface area (Å²) in [6.45, 7) is 12.7. The second-order valence-electron chi connectivity index (χ2n) is 7.67. The number of likely N-dealkylation sites (tertiary alicyclic amines) is 1. The van der Waals surface area contributed by atoms with Crippen LogP contribution in [0.3, 0.4) is 0 Å². The SMILES string of the molecule is CCN(CC)C(=O)NC1CCN(C(=O)C(C)Oc2ccccc2C(C)C)CC1. The van der Waals surface area contributed by atoms with Crippen molar-refractivity contribution in [2.45, 2.75) is 65.5 Å². The molecule has 0 radical (unpaired) electrons. The maximum atomic E-state index is 12.8. The molecule has 0 aromatic heterocycles. The zero-order valence-electron chi connectivity index (χ0n) is 17.9. The van der Waals surface area contributed by atoms with E-state index < -0.39 is 6.10 Å². The van der Waals surface area contributed by atoms with Crippen molar-refractivity contribution in [2.75, 3.05) is 26.2 Å². The third-order valence-corrected chi connectivity index (χ3v) is 5.38. The lowest BCUT2D eigenvalue weighted by Crippen LogP contribution is -2.51. The third kappa shape index (κ3) is 5.63. The van der Waals surface area contributed by atoms with Crippen LogP contribution in [0.25, 0.3) is 0 Å². The average molecular weight is 390 g/mol. The maximum absolute atomic E-state index is 12.8. The Bertz CT molecular complexity index is 650. The molecule has 1 atom stereocenters. The van der Waals surface area contributed by atoms with Crippen LogP contribution >= 0.6 is 0 Å². The Hall–Kier alpha value is -2.24. The molecule has 2 rings (SSSR count). The fraction of sp³-hybridized carbons (Fsp3) is 0.636. The van der Waals surface area contributed by atoms with Crippen molar-refractivity contribution in [2.24, 2.45) is 0 Å². The van der Waals surface area contributed by atoms with Gasteiger partial charge in [0.05, 0.1) is 0 Å². The fourth-order valence-corrected chi connectivity index (χ4v) is 3.58. The predicted molar refractivity (Wildman–Crippen MR) is 112 cm³/mol. The van der Waals surface area contributed by atoms with Crippen LogP contribution in [0.15, 0.2) is 24.3 Å². The molecular formula is C22H35N3O3. The van der Waals surface area contributed by atoms with Gasteiger partial charge in [-0.25, -0.2) is 4.79 Å². The molecule has 0 saturated carbocycles. The zero-order valence-corrected chi connectivity index (χ0v) is 17.9. The largest absolute Gasteiger partial charge is 0.481 e. The molecule has 1 aromatic rings. The molecule has 1 aliphatic rings. The van der Waals surface area contributed by atoms with Crippen LogP contribution in [0.2, 0.25) is 0 Å². The molecule has 1 aromatic carbocycles. The molecule has 1 saturated heterocycles. The number of urea groups is 1. The Morgan fingerprint density at radius 1 is 1.14 bits per heavy atom. The summed E-state index contributed by atoms with van der Waals surface area (Å²) in [7, 11) is 0. The number of hydrogen-bond acceptors (Lipinski definition) is 3. The van der Waals surface area contributed by atoms with Crippen LogP contribution in [0.4, 0.5) is 4.79 Å². The van der Waals surface area contributed by atoms with Crippen LogP contribution in [-0.2, 0) is 4.79 Å². The van der Waals surface area contributed by atoms with Crippen LogP contribution in [0.1, 0.15) is 58.9 Å². The molecule has 3 amide bonds. The van der Waals surface area contributed by atoms with Gasteiger partial charge in [-0.3, -0.25) is 4.79 Å². The number of ether oxygens (including phenoxy) is 1. The van der Waals surface area contributed by atoms with E-state index in [0.29, 0.717) is 32.1 Å². The summed E-state index contributed by atoms with van der Waals surface area (Å²) in [5.41, 5.74) is 1.11. The lowest BCUT2D eigenvalue weighted by molar-refractivity contribution is -0.139. The number of carbonyl (C=O) groups is 2. The fourth-order valence-electron chi connectivity index (χ4n) is 3.58. The molecule has 6 nitrogen and oxygen atoms in total. The van der Waals surface area contributed by atoms with Gasteiger partial charge < -0.3 is 19.9 Å². The number of hydrogen-bond donors (Lipinski definition) is 1. The van der Waals surface area contributed by atoms with E-state index in [-0.39, 0.29) is 18.0 Å². The Kier molecular flexibility index (Phi) is 8.15. The molecule has 1 heterocycles. The van der Waals surface area contributed by atoms with Crippen molar-refractivity contribution in [3.8, 4) is 5.75 Å². The van der Waals surface area contributed by atoms with E-state index in [2.05, 4.69) is 19.2 Å². The smallest absolute Gasteiger partial charge is 0.317 e. The van der Waals surface area contributed by atoms with Crippen LogP contribution in [0.5, 0.6) is 5.75 Å². The highest BCUT2D eigenvalue weighted by molar-refractivity contribution is 5.81. The van der Waals surface area contributed by atoms with Crippen molar-refractivity contribution >= 4 is 11.9 Å². The van der Waals surface area contributed by atoms with Crippen molar-refractivity contribution < 1.29 is 14.3 Å². The van der Waals surface area contributed by atoms with Gasteiger partial charge in [-0.2, -0.15) is 0 Å². The third-order valence-electron chi connectivity index (χ3n) is 5.38. The molecule has 1 fully saturated rings. The zero-order chi connectivity index (χ0) is 20.7. The second kappa shape index (κ2) is 10.3. The number of benzene rings is 1. The highest BCUT2D eigenvalue weighted by Crippen LogP contribution is 2.27. The van der Waals surface area contributed by atoms with Gasteiger partial charge >= 0.3 is 6.03 Å². The first kappa shape index (κ1) is 22.1. The molecule has 0 spiro atoms. The Balaban J connectivity index is 1.87. The summed E-state index contributed by atoms with van der Waals surface area (Å²) in [6.07, 6.45) is 1.02. The van der Waals surface area contributed by atoms with Crippen molar-refractivity contribution in [1.29, 1.82) is 0 Å². The van der Waals surface area contributed by atoms with E-state index in [1.54, 1.807) is 4.90 Å². The van der Waals surface area contributed by atoms with Crippen LogP contribution in [-0.4, -0.2) is 60.1 Å². The van der Waals surface area contributed by atoms with Gasteiger partial charge in [0.15, 0.2) is 6.10 Å². The number of rotatable bonds is 7. The van der Waals surface area contributed by atoms with E-state index in [4.69, 9.17) is 4.74 Å². The summed E-state index contributed by atoms with van der Waals surface area (Å²) >= 11 is 0. The first-order valence-corrected chi connectivity index (χ1v) is 10.5. The molecule has 1 N–H and O–H groups in total. The lowest BCUT2D eigenvalue weighted by Gasteiger charge is -2.34. The Morgan fingerprint density at radius 2 is 1.75 bits per heavy atom. The lowest BCUT2D eigenvalue weighted by atomic mass is 10.0. The Labute approximate surface area is 169 Å². The minimum Gasteiger partial charge on any atom is -0.481 e. The minimum atomic E-state index is -0.526. The molecule has 6 heteroatoms. The average Bonchev–Trinajstić information content (AvgIpc) is 2.69. The molecule has 0 aliphatic carbocycles. The van der Waals surface area contributed by atoms with Crippen molar-refractivity contribution in [3.63, 3.8) is 0 Å².